The van der Waals surface area contributed by atoms with Crippen LogP contribution in [-0.4, -0.2) is 46.7 Å². The van der Waals surface area contributed by atoms with Crippen LogP contribution in [0.4, 0.5) is 0 Å². The van der Waals surface area contributed by atoms with Crippen LogP contribution in [0.3, 0.4) is 0 Å². The number of benzene rings is 1. The molecule has 5 nitrogen and oxygen atoms in total. The molecule has 150 valence electrons. The largest absolute Gasteiger partial charge is 0.349 e. The van der Waals surface area contributed by atoms with Crippen molar-refractivity contribution in [3.8, 4) is 0 Å². The highest BCUT2D eigenvalue weighted by Crippen LogP contribution is 2.25. The van der Waals surface area contributed by atoms with Crippen molar-refractivity contribution in [3.63, 3.8) is 0 Å². The lowest BCUT2D eigenvalue weighted by molar-refractivity contribution is 0.0927. The molecular formula is C21H27ClN4OS. The van der Waals surface area contributed by atoms with Gasteiger partial charge in [-0.15, -0.1) is 0 Å². The van der Waals surface area contributed by atoms with Gasteiger partial charge in [-0.25, -0.2) is 9.97 Å². The molecule has 1 fully saturated rings. The van der Waals surface area contributed by atoms with E-state index in [2.05, 4.69) is 51.4 Å². The van der Waals surface area contributed by atoms with Gasteiger partial charge in [-0.3, -0.25) is 9.69 Å². The van der Waals surface area contributed by atoms with Gasteiger partial charge in [-0.1, -0.05) is 66.0 Å². The van der Waals surface area contributed by atoms with Gasteiger partial charge in [0, 0.05) is 6.54 Å². The molecule has 0 bridgehead atoms. The second-order valence-electron chi connectivity index (χ2n) is 7.14. The van der Waals surface area contributed by atoms with E-state index in [1.807, 2.05) is 6.26 Å². The van der Waals surface area contributed by atoms with Crippen LogP contribution in [0.5, 0.6) is 0 Å². The number of carbonyl (C=O) groups is 1. The van der Waals surface area contributed by atoms with Crippen molar-refractivity contribution in [2.45, 2.75) is 43.8 Å². The van der Waals surface area contributed by atoms with E-state index in [0.29, 0.717) is 11.7 Å². The van der Waals surface area contributed by atoms with E-state index in [-0.39, 0.29) is 22.7 Å². The maximum atomic E-state index is 12.8. The van der Waals surface area contributed by atoms with Crippen LogP contribution in [-0.2, 0) is 0 Å². The van der Waals surface area contributed by atoms with Gasteiger partial charge >= 0.3 is 0 Å². The van der Waals surface area contributed by atoms with Crippen LogP contribution in [0.2, 0.25) is 5.02 Å². The van der Waals surface area contributed by atoms with Gasteiger partial charge < -0.3 is 5.32 Å². The summed E-state index contributed by atoms with van der Waals surface area (Å²) in [5.74, 6) is -0.255. The summed E-state index contributed by atoms with van der Waals surface area (Å²) < 4.78 is 0. The lowest BCUT2D eigenvalue weighted by atomic mass is 10.0. The fourth-order valence-electron chi connectivity index (χ4n) is 3.53. The molecule has 1 amide bonds. The lowest BCUT2D eigenvalue weighted by Crippen LogP contribution is -2.39. The van der Waals surface area contributed by atoms with Gasteiger partial charge in [-0.2, -0.15) is 0 Å². The summed E-state index contributed by atoms with van der Waals surface area (Å²) in [6.45, 7) is 4.72. The van der Waals surface area contributed by atoms with Crippen molar-refractivity contribution < 1.29 is 4.79 Å². The smallest absolute Gasteiger partial charge is 0.271 e. The molecule has 0 spiro atoms. The van der Waals surface area contributed by atoms with E-state index >= 15 is 0 Å². The zero-order chi connectivity index (χ0) is 19.9. The third kappa shape index (κ3) is 5.46. The molecule has 1 atom stereocenters. The second-order valence-corrected chi connectivity index (χ2v) is 8.32. The number of hydrogen-bond donors (Lipinski definition) is 1. The average molecular weight is 419 g/mol. The normalized spacial score (nSPS) is 16.4. The number of nitrogens with zero attached hydrogens (tertiary/aromatic N) is 3. The first kappa shape index (κ1) is 21.1. The van der Waals surface area contributed by atoms with E-state index in [1.54, 1.807) is 0 Å². The lowest BCUT2D eigenvalue weighted by Gasteiger charge is -2.31. The third-order valence-corrected chi connectivity index (χ3v) is 5.96. The number of hydrogen-bond acceptors (Lipinski definition) is 5. The molecule has 0 radical (unpaired) electrons. The molecule has 3 rings (SSSR count). The highest BCUT2D eigenvalue weighted by molar-refractivity contribution is 7.98. The molecule has 2 heterocycles. The zero-order valence-corrected chi connectivity index (χ0v) is 18.0. The van der Waals surface area contributed by atoms with Crippen LogP contribution >= 0.6 is 23.4 Å². The standard InChI is InChI=1S/C21H27ClN4OS/c1-15-7-9-16(10-8-15)18(26-11-5-3-4-6-12-26)14-23-20(27)19-17(22)13-24-21(25-19)28-2/h7-10,13,18H,3-6,11-12,14H2,1-2H3,(H,23,27)/t18-/m0/s1. The molecule has 7 heteroatoms. The monoisotopic (exact) mass is 418 g/mol. The van der Waals surface area contributed by atoms with Gasteiger partial charge in [0.1, 0.15) is 0 Å². The number of likely N-dealkylation sites (tertiary alicyclic amines) is 1. The third-order valence-electron chi connectivity index (χ3n) is 5.12. The highest BCUT2D eigenvalue weighted by Gasteiger charge is 2.23. The summed E-state index contributed by atoms with van der Waals surface area (Å²) in [6, 6.07) is 8.74. The van der Waals surface area contributed by atoms with E-state index in [0.717, 1.165) is 13.1 Å². The first-order valence-corrected chi connectivity index (χ1v) is 11.3. The Labute approximate surface area is 176 Å². The van der Waals surface area contributed by atoms with Gasteiger partial charge in [0.25, 0.3) is 5.91 Å². The molecule has 1 aromatic carbocycles. The van der Waals surface area contributed by atoms with E-state index < -0.39 is 0 Å². The Balaban J connectivity index is 1.77. The number of carbonyl (C=O) groups excluding carboxylic acids is 1. The fourth-order valence-corrected chi connectivity index (χ4v) is 4.05. The maximum absolute atomic E-state index is 12.8. The number of rotatable bonds is 6. The number of thioether (sulfide) groups is 1. The predicted molar refractivity (Wildman–Crippen MR) is 115 cm³/mol. The maximum Gasteiger partial charge on any atom is 0.271 e. The molecule has 2 aromatic rings. The second kappa shape index (κ2) is 10.2. The molecule has 0 saturated carbocycles. The minimum atomic E-state index is -0.255. The number of halogens is 1. The SMILES string of the molecule is CSc1ncc(Cl)c(C(=O)NC[C@@H](c2ccc(C)cc2)N2CCCCCC2)n1. The summed E-state index contributed by atoms with van der Waals surface area (Å²) in [6.07, 6.45) is 8.31. The van der Waals surface area contributed by atoms with Crippen molar-refractivity contribution in [1.82, 2.24) is 20.2 Å². The predicted octanol–water partition coefficient (Wildman–Crippen LogP) is 4.51. The molecule has 0 unspecified atom stereocenters. The molecule has 1 aliphatic rings. The van der Waals surface area contributed by atoms with Crippen LogP contribution in [0.15, 0.2) is 35.6 Å². The minimum Gasteiger partial charge on any atom is -0.349 e. The van der Waals surface area contributed by atoms with Gasteiger partial charge in [0.05, 0.1) is 17.3 Å². The first-order valence-electron chi connectivity index (χ1n) is 9.74. The minimum absolute atomic E-state index is 0.142. The van der Waals surface area contributed by atoms with Crippen molar-refractivity contribution >= 4 is 29.3 Å². The molecule has 1 aromatic heterocycles. The van der Waals surface area contributed by atoms with Crippen LogP contribution in [0, 0.1) is 6.92 Å². The van der Waals surface area contributed by atoms with E-state index in [1.165, 1.54) is 54.8 Å². The van der Waals surface area contributed by atoms with Gasteiger partial charge in [0.2, 0.25) is 0 Å². The summed E-state index contributed by atoms with van der Waals surface area (Å²) >= 11 is 7.55. The Kier molecular flexibility index (Phi) is 7.71. The fraction of sp³-hybridized carbons (Fsp3) is 0.476. The van der Waals surface area contributed by atoms with E-state index in [9.17, 15) is 4.79 Å². The molecule has 1 aliphatic heterocycles. The molecule has 0 aliphatic carbocycles. The molecular weight excluding hydrogens is 392 g/mol. The first-order chi connectivity index (χ1) is 13.6. The quantitative estimate of drug-likeness (QED) is 0.552. The highest BCUT2D eigenvalue weighted by atomic mass is 35.5. The number of amides is 1. The van der Waals surface area contributed by atoms with Crippen LogP contribution in [0.1, 0.15) is 53.3 Å². The van der Waals surface area contributed by atoms with Crippen molar-refractivity contribution in [3.05, 3.63) is 52.3 Å². The Morgan fingerprint density at radius 3 is 2.54 bits per heavy atom. The number of aromatic nitrogens is 2. The molecule has 28 heavy (non-hydrogen) atoms. The average Bonchev–Trinajstić information content (AvgIpc) is 2.99. The number of aryl methyl sites for hydroxylation is 1. The van der Waals surface area contributed by atoms with Crippen molar-refractivity contribution in [1.29, 1.82) is 0 Å². The van der Waals surface area contributed by atoms with Gasteiger partial charge in [0.15, 0.2) is 10.9 Å². The van der Waals surface area contributed by atoms with Crippen LogP contribution < -0.4 is 5.32 Å². The topological polar surface area (TPSA) is 58.1 Å². The number of nitrogens with one attached hydrogen (secondary N) is 1. The summed E-state index contributed by atoms with van der Waals surface area (Å²) in [5, 5.41) is 3.87. The summed E-state index contributed by atoms with van der Waals surface area (Å²) in [7, 11) is 0. The Morgan fingerprint density at radius 2 is 1.89 bits per heavy atom. The summed E-state index contributed by atoms with van der Waals surface area (Å²) in [4.78, 5) is 23.6. The zero-order valence-electron chi connectivity index (χ0n) is 16.4. The Hall–Kier alpha value is -1.63. The van der Waals surface area contributed by atoms with Gasteiger partial charge in [-0.05, 0) is 44.7 Å². The van der Waals surface area contributed by atoms with Crippen molar-refractivity contribution in [2.75, 3.05) is 25.9 Å². The van der Waals surface area contributed by atoms with E-state index in [4.69, 9.17) is 11.6 Å². The molecule has 1 N–H and O–H groups in total. The Bertz CT molecular complexity index is 791. The van der Waals surface area contributed by atoms with Crippen molar-refractivity contribution in [2.24, 2.45) is 0 Å². The molecule has 1 saturated heterocycles. The van der Waals surface area contributed by atoms with Crippen LogP contribution in [0.25, 0.3) is 0 Å². The Morgan fingerprint density at radius 1 is 1.21 bits per heavy atom. The summed E-state index contributed by atoms with van der Waals surface area (Å²) in [5.41, 5.74) is 2.70.